The van der Waals surface area contributed by atoms with Gasteiger partial charge in [0.2, 0.25) is 15.9 Å². The van der Waals surface area contributed by atoms with Crippen LogP contribution in [0.2, 0.25) is 0 Å². The SMILES string of the molecule is Cc1cc(CN(C)[C@H](C)C(=O)Nc2cccc(S(=O)(=O)N(C)C)c2)no1. The first kappa shape index (κ1) is 20.1. The van der Waals surface area contributed by atoms with Gasteiger partial charge in [-0.25, -0.2) is 12.7 Å². The van der Waals surface area contributed by atoms with Crippen molar-refractivity contribution in [1.29, 1.82) is 0 Å². The van der Waals surface area contributed by atoms with Crippen molar-refractivity contribution < 1.29 is 17.7 Å². The fourth-order valence-corrected chi connectivity index (χ4v) is 3.22. The smallest absolute Gasteiger partial charge is 0.242 e. The average molecular weight is 380 g/mol. The molecule has 2 aromatic rings. The average Bonchev–Trinajstić information content (AvgIpc) is 2.98. The van der Waals surface area contributed by atoms with Crippen LogP contribution in [-0.2, 0) is 21.4 Å². The molecule has 1 atom stereocenters. The van der Waals surface area contributed by atoms with Crippen LogP contribution in [0, 0.1) is 6.92 Å². The Morgan fingerprint density at radius 3 is 2.54 bits per heavy atom. The number of hydrogen-bond donors (Lipinski definition) is 1. The number of aryl methyl sites for hydroxylation is 1. The first-order valence-corrected chi connectivity index (χ1v) is 9.51. The van der Waals surface area contributed by atoms with Crippen molar-refractivity contribution in [3.05, 3.63) is 41.8 Å². The zero-order chi connectivity index (χ0) is 19.5. The monoisotopic (exact) mass is 380 g/mol. The van der Waals surface area contributed by atoms with E-state index in [9.17, 15) is 13.2 Å². The van der Waals surface area contributed by atoms with Crippen molar-refractivity contribution in [2.75, 3.05) is 26.5 Å². The second-order valence-electron chi connectivity index (χ2n) is 6.32. The van der Waals surface area contributed by atoms with Crippen LogP contribution in [0.1, 0.15) is 18.4 Å². The summed E-state index contributed by atoms with van der Waals surface area (Å²) in [7, 11) is 1.17. The van der Waals surface area contributed by atoms with Gasteiger partial charge in [-0.05, 0) is 39.1 Å². The highest BCUT2D eigenvalue weighted by atomic mass is 32.2. The van der Waals surface area contributed by atoms with Gasteiger partial charge >= 0.3 is 0 Å². The first-order valence-electron chi connectivity index (χ1n) is 8.07. The number of carbonyl (C=O) groups is 1. The molecule has 0 aliphatic rings. The molecule has 0 radical (unpaired) electrons. The van der Waals surface area contributed by atoms with Crippen LogP contribution in [0.25, 0.3) is 0 Å². The van der Waals surface area contributed by atoms with E-state index in [1.165, 1.54) is 26.2 Å². The molecule has 1 aromatic carbocycles. The maximum absolute atomic E-state index is 12.5. The maximum atomic E-state index is 12.5. The van der Waals surface area contributed by atoms with Crippen LogP contribution in [0.5, 0.6) is 0 Å². The molecule has 0 spiro atoms. The number of anilines is 1. The van der Waals surface area contributed by atoms with Crippen LogP contribution >= 0.6 is 0 Å². The zero-order valence-corrected chi connectivity index (χ0v) is 16.4. The van der Waals surface area contributed by atoms with Gasteiger partial charge in [-0.15, -0.1) is 0 Å². The molecular formula is C17H24N4O4S. The summed E-state index contributed by atoms with van der Waals surface area (Å²) in [6.07, 6.45) is 0. The minimum atomic E-state index is -3.56. The normalized spacial score (nSPS) is 13.2. The third-order valence-corrected chi connectivity index (χ3v) is 5.82. The second-order valence-corrected chi connectivity index (χ2v) is 8.48. The molecule has 0 fully saturated rings. The molecule has 0 saturated heterocycles. The van der Waals surface area contributed by atoms with Crippen molar-refractivity contribution in [3.8, 4) is 0 Å². The number of carbonyl (C=O) groups excluding carboxylic acids is 1. The number of aromatic nitrogens is 1. The summed E-state index contributed by atoms with van der Waals surface area (Å²) >= 11 is 0. The molecule has 1 aromatic heterocycles. The molecule has 0 aliphatic heterocycles. The van der Waals surface area contributed by atoms with Crippen LogP contribution in [0.15, 0.2) is 39.8 Å². The third kappa shape index (κ3) is 4.69. The number of likely N-dealkylation sites (N-methyl/N-ethyl adjacent to an activating group) is 1. The van der Waals surface area contributed by atoms with Crippen molar-refractivity contribution in [3.63, 3.8) is 0 Å². The highest BCUT2D eigenvalue weighted by Crippen LogP contribution is 2.18. The molecule has 142 valence electrons. The van der Waals surface area contributed by atoms with Gasteiger partial charge < -0.3 is 9.84 Å². The van der Waals surface area contributed by atoms with Gasteiger partial charge in [0.15, 0.2) is 0 Å². The van der Waals surface area contributed by atoms with Crippen molar-refractivity contribution in [1.82, 2.24) is 14.4 Å². The summed E-state index contributed by atoms with van der Waals surface area (Å²) < 4.78 is 30.6. The molecule has 1 N–H and O–H groups in total. The number of benzene rings is 1. The Kier molecular flexibility index (Phi) is 6.17. The lowest BCUT2D eigenvalue weighted by Gasteiger charge is -2.23. The van der Waals surface area contributed by atoms with E-state index in [2.05, 4.69) is 10.5 Å². The van der Waals surface area contributed by atoms with Gasteiger partial charge in [-0.1, -0.05) is 11.2 Å². The van der Waals surface area contributed by atoms with Crippen molar-refractivity contribution in [2.45, 2.75) is 31.3 Å². The summed E-state index contributed by atoms with van der Waals surface area (Å²) in [6, 6.07) is 7.56. The lowest BCUT2D eigenvalue weighted by Crippen LogP contribution is -2.39. The Morgan fingerprint density at radius 2 is 1.96 bits per heavy atom. The standard InChI is InChI=1S/C17H24N4O4S/c1-12-9-15(19-25-12)11-21(5)13(2)17(22)18-14-7-6-8-16(10-14)26(23,24)20(3)4/h6-10,13H,11H2,1-5H3,(H,18,22)/t13-/m1/s1. The molecule has 2 rings (SSSR count). The Bertz CT molecular complexity index is 876. The Balaban J connectivity index is 2.07. The highest BCUT2D eigenvalue weighted by molar-refractivity contribution is 7.89. The summed E-state index contributed by atoms with van der Waals surface area (Å²) in [6.45, 7) is 4.03. The van der Waals surface area contributed by atoms with Gasteiger partial charge in [0.05, 0.1) is 16.6 Å². The quantitative estimate of drug-likeness (QED) is 0.785. The predicted octanol–water partition coefficient (Wildman–Crippen LogP) is 1.69. The van der Waals surface area contributed by atoms with Crippen molar-refractivity contribution in [2.24, 2.45) is 0 Å². The van der Waals surface area contributed by atoms with E-state index < -0.39 is 16.1 Å². The number of hydrogen-bond acceptors (Lipinski definition) is 6. The van der Waals surface area contributed by atoms with Crippen LogP contribution < -0.4 is 5.32 Å². The molecule has 0 aliphatic carbocycles. The Hall–Kier alpha value is -2.23. The number of nitrogens with zero attached hydrogens (tertiary/aromatic N) is 3. The van der Waals surface area contributed by atoms with Gasteiger partial charge in [0, 0.05) is 32.4 Å². The number of rotatable bonds is 7. The number of sulfonamides is 1. The van der Waals surface area contributed by atoms with E-state index >= 15 is 0 Å². The largest absolute Gasteiger partial charge is 0.361 e. The summed E-state index contributed by atoms with van der Waals surface area (Å²) in [5.74, 6) is 0.469. The van der Waals surface area contributed by atoms with E-state index in [1.54, 1.807) is 33.0 Å². The van der Waals surface area contributed by atoms with Gasteiger partial charge in [0.25, 0.3) is 0 Å². The summed E-state index contributed by atoms with van der Waals surface area (Å²) in [5, 5.41) is 6.67. The lowest BCUT2D eigenvalue weighted by atomic mass is 10.2. The fraction of sp³-hybridized carbons (Fsp3) is 0.412. The predicted molar refractivity (Wildman–Crippen MR) is 98.1 cm³/mol. The second kappa shape index (κ2) is 7.98. The minimum absolute atomic E-state index is 0.124. The van der Waals surface area contributed by atoms with E-state index in [-0.39, 0.29) is 10.8 Å². The van der Waals surface area contributed by atoms with Crippen LogP contribution in [0.3, 0.4) is 0 Å². The molecule has 0 unspecified atom stereocenters. The van der Waals surface area contributed by atoms with Gasteiger partial charge in [-0.2, -0.15) is 0 Å². The fourth-order valence-electron chi connectivity index (χ4n) is 2.28. The van der Waals surface area contributed by atoms with Crippen molar-refractivity contribution >= 4 is 21.6 Å². The first-order chi connectivity index (χ1) is 12.1. The maximum Gasteiger partial charge on any atom is 0.242 e. The van der Waals surface area contributed by atoms with Crippen LogP contribution in [0.4, 0.5) is 5.69 Å². The molecule has 0 bridgehead atoms. The summed E-state index contributed by atoms with van der Waals surface area (Å²) in [5.41, 5.74) is 1.17. The summed E-state index contributed by atoms with van der Waals surface area (Å²) in [4.78, 5) is 14.4. The van der Waals surface area contributed by atoms with E-state index in [0.29, 0.717) is 18.0 Å². The van der Waals surface area contributed by atoms with E-state index in [0.717, 1.165) is 10.00 Å². The molecule has 0 saturated carbocycles. The van der Waals surface area contributed by atoms with Gasteiger partial charge in [-0.3, -0.25) is 9.69 Å². The zero-order valence-electron chi connectivity index (χ0n) is 15.6. The third-order valence-electron chi connectivity index (χ3n) is 4.01. The minimum Gasteiger partial charge on any atom is -0.361 e. The topological polar surface area (TPSA) is 95.8 Å². The molecular weight excluding hydrogens is 356 g/mol. The van der Waals surface area contributed by atoms with Gasteiger partial charge in [0.1, 0.15) is 5.76 Å². The van der Waals surface area contributed by atoms with Crippen LogP contribution in [-0.4, -0.2) is 55.9 Å². The lowest BCUT2D eigenvalue weighted by molar-refractivity contribution is -0.120. The molecule has 1 heterocycles. The Morgan fingerprint density at radius 1 is 1.27 bits per heavy atom. The van der Waals surface area contributed by atoms with E-state index in [4.69, 9.17) is 4.52 Å². The molecule has 26 heavy (non-hydrogen) atoms. The molecule has 9 heteroatoms. The highest BCUT2D eigenvalue weighted by Gasteiger charge is 2.21. The van der Waals surface area contributed by atoms with E-state index in [1.807, 2.05) is 11.0 Å². The molecule has 1 amide bonds. The Labute approximate surface area is 153 Å². The molecule has 8 nitrogen and oxygen atoms in total. The number of amides is 1. The number of nitrogens with one attached hydrogen (secondary N) is 1.